The molecule has 0 heterocycles. The van der Waals surface area contributed by atoms with Crippen LogP contribution in [0.25, 0.3) is 0 Å². The zero-order chi connectivity index (χ0) is 10.1. The summed E-state index contributed by atoms with van der Waals surface area (Å²) in [6.07, 6.45) is 0.250. The summed E-state index contributed by atoms with van der Waals surface area (Å²) in [5, 5.41) is 0. The van der Waals surface area contributed by atoms with Gasteiger partial charge in [-0.25, -0.2) is 0 Å². The van der Waals surface area contributed by atoms with E-state index in [1.165, 1.54) is 16.3 Å². The van der Waals surface area contributed by atoms with Crippen molar-refractivity contribution in [2.24, 2.45) is 0 Å². The summed E-state index contributed by atoms with van der Waals surface area (Å²) in [5.74, 6) is 0.722. The molecule has 0 unspecified atom stereocenters. The normalized spacial score (nSPS) is 3.73. The van der Waals surface area contributed by atoms with E-state index < -0.39 is 0 Å². The van der Waals surface area contributed by atoms with Gasteiger partial charge in [-0.1, -0.05) is 27.3 Å². The molecule has 0 aliphatic heterocycles. The minimum atomic E-state index is 0. The summed E-state index contributed by atoms with van der Waals surface area (Å²) < 4.78 is 0. The Balaban J connectivity index is -0.00000000433. The Kier molecular flexibility index (Phi) is 525. The van der Waals surface area contributed by atoms with Gasteiger partial charge in [-0.2, -0.15) is 9.59 Å². The summed E-state index contributed by atoms with van der Waals surface area (Å²) in [7, 11) is 2.42. The molecule has 0 spiro atoms. The first-order valence-electron chi connectivity index (χ1n) is 3.50. The summed E-state index contributed by atoms with van der Waals surface area (Å²) >= 11 is 5.00. The zero-order valence-corrected chi connectivity index (χ0v) is 17.9. The van der Waals surface area contributed by atoms with E-state index in [4.69, 9.17) is 21.2 Å². The van der Waals surface area contributed by atoms with Crippen LogP contribution >= 0.6 is 11.6 Å². The van der Waals surface area contributed by atoms with Gasteiger partial charge < -0.3 is 21.8 Å². The first-order valence-corrected chi connectivity index (χ1v) is 6.87. The molecule has 0 rings (SSSR count). The maximum atomic E-state index is 8.12. The molecule has 0 saturated carbocycles. The first-order chi connectivity index (χ1) is 5.24. The first kappa shape index (κ1) is 53.9. The van der Waals surface area contributed by atoms with Gasteiger partial charge in [0.2, 0.25) is 0 Å². The van der Waals surface area contributed by atoms with Crippen molar-refractivity contribution < 1.29 is 24.8 Å². The quantitative estimate of drug-likeness (QED) is 0.267. The van der Waals surface area contributed by atoms with Crippen LogP contribution in [0.2, 0.25) is 6.04 Å². The molecular formula is C7H24Cl2Mg2O2Si2. The third-order valence-electron chi connectivity index (χ3n) is 0. The maximum absolute atomic E-state index is 8.12. The van der Waals surface area contributed by atoms with E-state index in [1.54, 1.807) is 0 Å². The second kappa shape index (κ2) is 146. The van der Waals surface area contributed by atoms with Crippen LogP contribution in [0.1, 0.15) is 24.1 Å². The Labute approximate surface area is 148 Å². The largest absolute Gasteiger partial charge is 2.00 e. The molecule has 15 heavy (non-hydrogen) atoms. The number of hydrogen-bond donors (Lipinski definition) is 0. The van der Waals surface area contributed by atoms with E-state index in [0.717, 1.165) is 16.1 Å². The predicted octanol–water partition coefficient (Wildman–Crippen LogP) is -3.30. The maximum Gasteiger partial charge on any atom is 2.00 e. The molecule has 0 amide bonds. The van der Waals surface area contributed by atoms with E-state index in [0.29, 0.717) is 0 Å². The van der Waals surface area contributed by atoms with Crippen LogP contribution in [-0.2, 0) is 9.59 Å². The minimum Gasteiger partial charge on any atom is -1.00 e. The Morgan fingerprint density at radius 1 is 1.27 bits per heavy atom. The average Bonchev–Trinajstić information content (AvgIpc) is 1.96. The van der Waals surface area contributed by atoms with Gasteiger partial charge in [-0.15, -0.1) is 21.8 Å². The van der Waals surface area contributed by atoms with Crippen LogP contribution in [0.5, 0.6) is 0 Å². The Hall–Kier alpha value is 1.93. The van der Waals surface area contributed by atoms with Crippen molar-refractivity contribution in [2.45, 2.75) is 27.3 Å². The van der Waals surface area contributed by atoms with Gasteiger partial charge in [0, 0.05) is 16.1 Å². The predicted molar refractivity (Wildman–Crippen MR) is 77.6 cm³/mol. The molecular weight excluding hydrogens is 292 g/mol. The van der Waals surface area contributed by atoms with Crippen LogP contribution in [0.4, 0.5) is 0 Å². The second-order valence-electron chi connectivity index (χ2n) is 1.06. The smallest absolute Gasteiger partial charge is 1.00 e. The Morgan fingerprint density at radius 3 is 1.27 bits per heavy atom. The molecule has 0 aromatic rings. The fraction of sp³-hybridized carbons (Fsp3) is 0.714. The fourth-order valence-corrected chi connectivity index (χ4v) is 0. The van der Waals surface area contributed by atoms with E-state index in [2.05, 4.69) is 13.5 Å². The third kappa shape index (κ3) is 832. The number of rotatable bonds is 0. The molecule has 8 heteroatoms. The molecule has 0 fully saturated rings. The van der Waals surface area contributed by atoms with Crippen molar-refractivity contribution in [3.8, 4) is 0 Å². The van der Waals surface area contributed by atoms with Crippen LogP contribution in [-0.4, -0.2) is 78.6 Å². The molecule has 0 N–H and O–H groups in total. The van der Waals surface area contributed by atoms with E-state index in [9.17, 15) is 0 Å². The summed E-state index contributed by atoms with van der Waals surface area (Å²) in [6.45, 7) is 7.47. The van der Waals surface area contributed by atoms with E-state index in [-0.39, 0.29) is 74.9 Å². The zero-order valence-electron chi connectivity index (χ0n) is 11.6. The molecule has 2 nitrogen and oxygen atoms in total. The van der Waals surface area contributed by atoms with Gasteiger partial charge in [0.05, 0.1) is 0 Å². The molecule has 0 bridgehead atoms. The minimum absolute atomic E-state index is 0. The molecule has 0 aromatic carbocycles. The molecule has 0 saturated heterocycles. The van der Waals surface area contributed by atoms with Crippen molar-refractivity contribution >= 4 is 84.3 Å². The number of carbonyl (C=O) groups excluding carboxylic acids is 2. The molecule has 0 aromatic heterocycles. The number of alkyl halides is 1. The van der Waals surface area contributed by atoms with E-state index >= 15 is 0 Å². The van der Waals surface area contributed by atoms with Crippen LogP contribution in [0.3, 0.4) is 0 Å². The number of halogens is 2. The van der Waals surface area contributed by atoms with Crippen molar-refractivity contribution in [3.63, 3.8) is 0 Å². The monoisotopic (exact) mass is 314 g/mol. The molecule has 0 atom stereocenters. The second-order valence-corrected chi connectivity index (χ2v) is 3.01. The topological polar surface area (TPSA) is 34.1 Å². The number of hydrogen-bond acceptors (Lipinski definition) is 2. The van der Waals surface area contributed by atoms with Gasteiger partial charge >= 0.3 is 52.3 Å². The molecule has 0 aliphatic carbocycles. The van der Waals surface area contributed by atoms with Crippen LogP contribution < -0.4 is 12.4 Å². The Morgan fingerprint density at radius 2 is 1.27 bits per heavy atom. The van der Waals surface area contributed by atoms with Gasteiger partial charge in [0.1, 0.15) is 0 Å². The average molecular weight is 316 g/mol. The summed E-state index contributed by atoms with van der Waals surface area (Å²) in [4.78, 5) is 16.2. The van der Waals surface area contributed by atoms with Gasteiger partial charge in [-0.3, -0.25) is 0 Å². The summed E-state index contributed by atoms with van der Waals surface area (Å²) in [5.41, 5.74) is 0. The fourth-order valence-electron chi connectivity index (χ4n) is 0. The standard InChI is InChI=1S/C2H5Cl.C2H8Si.CO2.CH5Si.CH4.ClH.2Mg.2H/c2*1-2-3;2-1-3;1-2;;;;;;/h2H2,1H3;2H2,1,3H3;;1H2,2H3;1H4;1H;;;;/q;;;-1;;;2*+2;2*-1/p-1. The van der Waals surface area contributed by atoms with E-state index in [1.807, 2.05) is 6.92 Å². The van der Waals surface area contributed by atoms with Crippen LogP contribution in [0, 0.1) is 6.55 Å². The van der Waals surface area contributed by atoms with Crippen molar-refractivity contribution in [2.75, 3.05) is 5.88 Å². The SMILES string of the molecule is C.CCCl.CC[SiH3].O=C=O.[CH2-][SiH3].[Cl-].[H-].[H-].[Mg+2].[Mg+2]. The van der Waals surface area contributed by atoms with Crippen molar-refractivity contribution in [1.29, 1.82) is 0 Å². The Bertz CT molecular complexity index is 75.8. The third-order valence-corrected chi connectivity index (χ3v) is 0. The van der Waals surface area contributed by atoms with Gasteiger partial charge in [0.25, 0.3) is 0 Å². The van der Waals surface area contributed by atoms with Crippen LogP contribution in [0.15, 0.2) is 0 Å². The summed E-state index contributed by atoms with van der Waals surface area (Å²) in [6, 6.07) is 1.39. The molecule has 90 valence electrons. The van der Waals surface area contributed by atoms with Gasteiger partial charge in [0.15, 0.2) is 0 Å². The molecule has 0 aliphatic rings. The van der Waals surface area contributed by atoms with Gasteiger partial charge in [-0.05, 0) is 0 Å². The van der Waals surface area contributed by atoms with Crippen molar-refractivity contribution in [3.05, 3.63) is 6.55 Å². The van der Waals surface area contributed by atoms with Crippen molar-refractivity contribution in [1.82, 2.24) is 0 Å². The molecule has 0 radical (unpaired) electrons.